The number of carbonyl (C=O) groups excluding carboxylic acids is 4. The van der Waals surface area contributed by atoms with Crippen molar-refractivity contribution < 1.29 is 76.4 Å². The maximum atomic E-state index is 13.6. The Labute approximate surface area is 497 Å². The third kappa shape index (κ3) is 42.4. The van der Waals surface area contributed by atoms with Crippen LogP contribution in [0.3, 0.4) is 0 Å². The fourth-order valence-electron chi connectivity index (χ4n) is 9.30. The maximum absolute atomic E-state index is 13.6. The van der Waals surface area contributed by atoms with Gasteiger partial charge in [-0.1, -0.05) is 196 Å². The number of benzene rings is 2. The van der Waals surface area contributed by atoms with Crippen molar-refractivity contribution in [3.05, 3.63) is 71.8 Å². The molecule has 3 N–H and O–H groups in total. The van der Waals surface area contributed by atoms with E-state index >= 15 is 0 Å². The number of ether oxygens (including phenoxy) is 4. The lowest BCUT2D eigenvalue weighted by Gasteiger charge is -2.28. The average Bonchev–Trinajstić information content (AvgIpc) is 3.49. The molecule has 472 valence electrons. The Morgan fingerprint density at radius 1 is 0.458 bits per heavy atom. The molecule has 19 heteroatoms. The second-order valence-corrected chi connectivity index (χ2v) is 25.4. The number of rotatable bonds is 48. The molecule has 0 bridgehead atoms. The zero-order valence-electron chi connectivity index (χ0n) is 51.4. The van der Waals surface area contributed by atoms with E-state index in [-0.39, 0.29) is 64.4 Å². The Morgan fingerprint density at radius 2 is 0.795 bits per heavy atom. The molecule has 0 radical (unpaired) electrons. The molecule has 2 aromatic rings. The van der Waals surface area contributed by atoms with Gasteiger partial charge in [-0.15, -0.1) is 0 Å². The molecule has 2 rings (SSSR count). The number of nitrogens with zero attached hydrogens (tertiary/aromatic N) is 2. The van der Waals surface area contributed by atoms with Crippen molar-refractivity contribution in [1.82, 2.24) is 9.80 Å². The van der Waals surface area contributed by atoms with Crippen LogP contribution in [-0.2, 0) is 64.8 Å². The summed E-state index contributed by atoms with van der Waals surface area (Å²) in [6.07, 6.45) is 23.3. The van der Waals surface area contributed by atoms with Crippen LogP contribution in [-0.4, -0.2) is 111 Å². The van der Waals surface area contributed by atoms with E-state index in [9.17, 15) is 38.2 Å². The SMILES string of the molecule is CC(C)(C)OC(=O)N(CCC(=O)OCC(COP(=O)(O)OC[C@H](CCCCCCCCCCCCCCC(=O)O)CCCCCCCCCCCCCC(=O)O)OC(=O)CCN(Cc1ccccc1)C(=O)OC(C)(C)C)Cc1ccccc1. The van der Waals surface area contributed by atoms with Crippen LogP contribution in [0.25, 0.3) is 0 Å². The summed E-state index contributed by atoms with van der Waals surface area (Å²) in [6, 6.07) is 18.4. The summed E-state index contributed by atoms with van der Waals surface area (Å²) in [5.41, 5.74) is 0.0198. The van der Waals surface area contributed by atoms with Crippen molar-refractivity contribution in [2.75, 3.05) is 32.9 Å². The lowest BCUT2D eigenvalue weighted by Crippen LogP contribution is -2.38. The van der Waals surface area contributed by atoms with Crippen molar-refractivity contribution in [2.45, 2.75) is 258 Å². The smallest absolute Gasteiger partial charge is 0.472 e. The third-order valence-corrected chi connectivity index (χ3v) is 14.7. The highest BCUT2D eigenvalue weighted by molar-refractivity contribution is 7.47. The normalized spacial score (nSPS) is 13.1. The Kier molecular flexibility index (Phi) is 38.9. The van der Waals surface area contributed by atoms with Gasteiger partial charge in [-0.25, -0.2) is 14.2 Å². The Bertz CT molecular complexity index is 2130. The number of aliphatic carboxylic acids is 2. The zero-order valence-corrected chi connectivity index (χ0v) is 52.3. The summed E-state index contributed by atoms with van der Waals surface area (Å²) in [7, 11) is -4.74. The van der Waals surface area contributed by atoms with Crippen LogP contribution < -0.4 is 0 Å². The molecule has 0 heterocycles. The standard InChI is InChI=1S/C64H105N2O16P/c1-63(2,3)81-61(73)65(48-53-36-30-26-31-37-53)46-44-59(71)77-51-56(80-60(72)45-47-66(62(74)82-64(4,5)6)49-54-38-32-27-33-39-54)52-79-83(75,76)78-50-55(41-29-23-19-15-11-9-13-17-21-25-35-43-58(69)70)40-28-22-18-14-10-7-8-12-16-20-24-34-42-57(67)68/h26-27,30-33,36-39,55-56H,7-25,28-29,34-35,40-52H2,1-6H3,(H,67,68)(H,69,70)(H,75,76)/t55-,56?/m1/s1. The summed E-state index contributed by atoms with van der Waals surface area (Å²) >= 11 is 0. The molecule has 0 aromatic heterocycles. The lowest BCUT2D eigenvalue weighted by molar-refractivity contribution is -0.161. The molecule has 0 aliphatic heterocycles. The minimum atomic E-state index is -4.74. The highest BCUT2D eigenvalue weighted by Crippen LogP contribution is 2.44. The Balaban J connectivity index is 2.11. The summed E-state index contributed by atoms with van der Waals surface area (Å²) in [5.74, 6) is -3.01. The first-order chi connectivity index (χ1) is 39.5. The summed E-state index contributed by atoms with van der Waals surface area (Å²) in [4.78, 5) is 88.9. The van der Waals surface area contributed by atoms with Gasteiger partial charge < -0.3 is 43.9 Å². The maximum Gasteiger partial charge on any atom is 0.472 e. The molecule has 0 aliphatic carbocycles. The summed E-state index contributed by atoms with van der Waals surface area (Å²) in [5, 5.41) is 17.7. The van der Waals surface area contributed by atoms with Gasteiger partial charge in [0.2, 0.25) is 0 Å². The van der Waals surface area contributed by atoms with Gasteiger partial charge in [-0.05, 0) is 84.3 Å². The molecule has 0 aliphatic rings. The summed E-state index contributed by atoms with van der Waals surface area (Å²) in [6.45, 7) is 9.38. The fourth-order valence-corrected chi connectivity index (χ4v) is 10.1. The van der Waals surface area contributed by atoms with Gasteiger partial charge in [0.05, 0.1) is 26.1 Å². The van der Waals surface area contributed by atoms with Gasteiger partial charge in [0.1, 0.15) is 17.8 Å². The van der Waals surface area contributed by atoms with E-state index in [1.807, 2.05) is 60.7 Å². The van der Waals surface area contributed by atoms with Crippen LogP contribution in [0, 0.1) is 5.92 Å². The minimum absolute atomic E-state index is 0.00350. The topological polar surface area (TPSA) is 242 Å². The van der Waals surface area contributed by atoms with Crippen molar-refractivity contribution >= 4 is 43.9 Å². The van der Waals surface area contributed by atoms with Crippen LogP contribution in [0.1, 0.15) is 239 Å². The number of carboxylic acids is 2. The van der Waals surface area contributed by atoms with Gasteiger partial charge >= 0.3 is 43.9 Å². The fraction of sp³-hybridized carbons (Fsp3) is 0.719. The molecule has 0 saturated carbocycles. The monoisotopic (exact) mass is 1190 g/mol. The van der Waals surface area contributed by atoms with Crippen molar-refractivity contribution in [3.8, 4) is 0 Å². The number of unbranched alkanes of at least 4 members (excludes halogenated alkanes) is 21. The Morgan fingerprint density at radius 3 is 1.16 bits per heavy atom. The van der Waals surface area contributed by atoms with Crippen LogP contribution in [0.2, 0.25) is 0 Å². The molecule has 2 amide bonds. The minimum Gasteiger partial charge on any atom is -0.481 e. The number of phosphoric ester groups is 1. The number of amides is 2. The second kappa shape index (κ2) is 43.6. The number of carboxylic acid groups (broad SMARTS) is 2. The molecule has 3 atom stereocenters. The van der Waals surface area contributed by atoms with Crippen molar-refractivity contribution in [3.63, 3.8) is 0 Å². The van der Waals surface area contributed by atoms with E-state index in [1.54, 1.807) is 41.5 Å². The summed E-state index contributed by atoms with van der Waals surface area (Å²) < 4.78 is 47.4. The molecule has 0 fully saturated rings. The largest absolute Gasteiger partial charge is 0.481 e. The molecule has 83 heavy (non-hydrogen) atoms. The molecular weight excluding hydrogens is 1080 g/mol. The number of hydrogen-bond donors (Lipinski definition) is 3. The van der Waals surface area contributed by atoms with Gasteiger partial charge in [0, 0.05) is 39.0 Å². The van der Waals surface area contributed by atoms with Crippen molar-refractivity contribution in [2.24, 2.45) is 5.92 Å². The zero-order chi connectivity index (χ0) is 61.2. The number of phosphoric acid groups is 1. The number of carbonyl (C=O) groups is 6. The van der Waals surface area contributed by atoms with E-state index in [4.69, 9.17) is 38.2 Å². The first kappa shape index (κ1) is 74.1. The van der Waals surface area contributed by atoms with Gasteiger partial charge in [0.15, 0.2) is 6.10 Å². The van der Waals surface area contributed by atoms with Gasteiger partial charge in [-0.3, -0.25) is 28.2 Å². The predicted octanol–water partition coefficient (Wildman–Crippen LogP) is 15.5. The van der Waals surface area contributed by atoms with Crippen LogP contribution >= 0.6 is 7.82 Å². The Hall–Kier alpha value is -5.03. The van der Waals surface area contributed by atoms with E-state index in [2.05, 4.69) is 0 Å². The highest BCUT2D eigenvalue weighted by atomic mass is 31.2. The third-order valence-electron chi connectivity index (χ3n) is 13.8. The van der Waals surface area contributed by atoms with Crippen molar-refractivity contribution in [1.29, 1.82) is 0 Å². The first-order valence-corrected chi connectivity index (χ1v) is 32.4. The molecule has 2 unspecified atom stereocenters. The second-order valence-electron chi connectivity index (χ2n) is 24.0. The predicted molar refractivity (Wildman–Crippen MR) is 321 cm³/mol. The number of esters is 2. The van der Waals surface area contributed by atoms with Gasteiger partial charge in [-0.2, -0.15) is 0 Å². The van der Waals surface area contributed by atoms with Crippen LogP contribution in [0.4, 0.5) is 9.59 Å². The van der Waals surface area contributed by atoms with Crippen LogP contribution in [0.15, 0.2) is 60.7 Å². The number of hydrogen-bond acceptors (Lipinski definition) is 13. The first-order valence-electron chi connectivity index (χ1n) is 30.9. The van der Waals surface area contributed by atoms with E-state index in [0.717, 1.165) is 146 Å². The molecular formula is C64H105N2O16P. The van der Waals surface area contributed by atoms with E-state index in [0.29, 0.717) is 0 Å². The molecule has 2 aromatic carbocycles. The van der Waals surface area contributed by atoms with Crippen LogP contribution in [0.5, 0.6) is 0 Å². The molecule has 0 saturated heterocycles. The molecule has 18 nitrogen and oxygen atoms in total. The van der Waals surface area contributed by atoms with Gasteiger partial charge in [0.25, 0.3) is 0 Å². The lowest BCUT2D eigenvalue weighted by atomic mass is 9.94. The molecule has 0 spiro atoms. The quantitative estimate of drug-likeness (QED) is 0.0241. The highest BCUT2D eigenvalue weighted by Gasteiger charge is 2.30. The van der Waals surface area contributed by atoms with E-state index in [1.165, 1.54) is 35.5 Å². The average molecular weight is 1190 g/mol. The van der Waals surface area contributed by atoms with E-state index < -0.39 is 74.4 Å².